The zero-order valence-corrected chi connectivity index (χ0v) is 10.9. The average Bonchev–Trinajstić information content (AvgIpc) is 2.81. The molecular weight excluding hydrogens is 276 g/mol. The molecule has 0 saturated carbocycles. The van der Waals surface area contributed by atoms with E-state index in [1.54, 1.807) is 22.8 Å². The molecule has 1 N–H and O–H groups in total. The maximum Gasteiger partial charge on any atom is 0.243 e. The monoisotopic (exact) mass is 286 g/mol. The number of sulfone groups is 1. The van der Waals surface area contributed by atoms with Crippen LogP contribution < -0.4 is 5.32 Å². The third-order valence-electron chi connectivity index (χ3n) is 2.86. The minimum Gasteiger partial charge on any atom is -0.349 e. The summed E-state index contributed by atoms with van der Waals surface area (Å²) in [4.78, 5) is 4.25. The Kier molecular flexibility index (Phi) is 2.67. The van der Waals surface area contributed by atoms with Gasteiger partial charge in [0.25, 0.3) is 0 Å². The highest BCUT2D eigenvalue weighted by Crippen LogP contribution is 2.16. The number of fused-ring (bicyclic) bond motifs is 1. The van der Waals surface area contributed by atoms with E-state index in [0.29, 0.717) is 23.0 Å². The third-order valence-corrected chi connectivity index (χ3v) is 4.85. The first-order chi connectivity index (χ1) is 8.52. The van der Waals surface area contributed by atoms with Crippen LogP contribution in [0.1, 0.15) is 6.42 Å². The van der Waals surface area contributed by atoms with Crippen molar-refractivity contribution >= 4 is 33.0 Å². The fourth-order valence-electron chi connectivity index (χ4n) is 2.01. The van der Waals surface area contributed by atoms with Gasteiger partial charge in [-0.1, -0.05) is 11.6 Å². The van der Waals surface area contributed by atoms with Gasteiger partial charge in [0, 0.05) is 12.2 Å². The van der Waals surface area contributed by atoms with E-state index in [9.17, 15) is 8.42 Å². The Bertz CT molecular complexity index is 697. The largest absolute Gasteiger partial charge is 0.349 e. The lowest BCUT2D eigenvalue weighted by molar-refractivity contribution is 0.602. The number of halogens is 1. The lowest BCUT2D eigenvalue weighted by Gasteiger charge is -2.06. The van der Waals surface area contributed by atoms with E-state index >= 15 is 0 Å². The predicted molar refractivity (Wildman–Crippen MR) is 68.7 cm³/mol. The second-order valence-corrected chi connectivity index (χ2v) is 6.99. The summed E-state index contributed by atoms with van der Waals surface area (Å²) in [5.41, 5.74) is 0.669. The Morgan fingerprint density at radius 2 is 2.28 bits per heavy atom. The van der Waals surface area contributed by atoms with Crippen LogP contribution in [0.15, 0.2) is 18.3 Å². The average molecular weight is 287 g/mol. The van der Waals surface area contributed by atoms with Crippen LogP contribution in [0.3, 0.4) is 0 Å². The van der Waals surface area contributed by atoms with Crippen LogP contribution in [0, 0.1) is 0 Å². The van der Waals surface area contributed by atoms with E-state index in [4.69, 9.17) is 11.6 Å². The number of anilines is 1. The number of aromatic nitrogens is 3. The molecule has 2 aromatic heterocycles. The minimum absolute atomic E-state index is 0.108. The zero-order chi connectivity index (χ0) is 12.8. The van der Waals surface area contributed by atoms with Crippen LogP contribution in [-0.4, -0.2) is 40.6 Å². The topological polar surface area (TPSA) is 76.4 Å². The standard InChI is InChI=1S/C10H11ClN4O2S/c11-7-1-2-9-13-10(14-15(9)5-7)12-8-3-4-18(16,17)6-8/h1-2,5,8H,3-4,6H2,(H,12,14). The first-order valence-electron chi connectivity index (χ1n) is 5.51. The van der Waals surface area contributed by atoms with Crippen molar-refractivity contribution in [3.05, 3.63) is 23.4 Å². The SMILES string of the molecule is O=S1(=O)CCC(Nc2nc3ccc(Cl)cn3n2)C1. The first kappa shape index (κ1) is 11.7. The molecule has 0 amide bonds. The molecule has 0 aliphatic carbocycles. The molecule has 1 fully saturated rings. The van der Waals surface area contributed by atoms with Gasteiger partial charge in [0.15, 0.2) is 15.5 Å². The van der Waals surface area contributed by atoms with Crippen molar-refractivity contribution in [2.24, 2.45) is 0 Å². The maximum absolute atomic E-state index is 11.3. The number of pyridine rings is 1. The van der Waals surface area contributed by atoms with Crippen LogP contribution in [0.5, 0.6) is 0 Å². The normalized spacial score (nSPS) is 22.4. The number of hydrogen-bond acceptors (Lipinski definition) is 5. The van der Waals surface area contributed by atoms with Crippen molar-refractivity contribution in [1.29, 1.82) is 0 Å². The molecule has 0 aromatic carbocycles. The summed E-state index contributed by atoms with van der Waals surface area (Å²) in [6, 6.07) is 3.38. The minimum atomic E-state index is -2.90. The Labute approximate surface area is 109 Å². The molecule has 0 bridgehead atoms. The van der Waals surface area contributed by atoms with Crippen LogP contribution in [0.25, 0.3) is 5.65 Å². The van der Waals surface area contributed by atoms with E-state index in [1.807, 2.05) is 0 Å². The molecule has 1 saturated heterocycles. The van der Waals surface area contributed by atoms with Gasteiger partial charge in [-0.3, -0.25) is 0 Å². The Morgan fingerprint density at radius 1 is 1.44 bits per heavy atom. The quantitative estimate of drug-likeness (QED) is 0.891. The Morgan fingerprint density at radius 3 is 3.00 bits per heavy atom. The molecule has 6 nitrogen and oxygen atoms in total. The molecule has 2 aromatic rings. The molecule has 3 rings (SSSR count). The zero-order valence-electron chi connectivity index (χ0n) is 9.38. The van der Waals surface area contributed by atoms with E-state index in [1.165, 1.54) is 0 Å². The van der Waals surface area contributed by atoms with Gasteiger partial charge in [0.05, 0.1) is 16.5 Å². The van der Waals surface area contributed by atoms with Gasteiger partial charge in [0.2, 0.25) is 5.95 Å². The predicted octanol–water partition coefficient (Wildman–Crippen LogP) is 0.982. The molecule has 18 heavy (non-hydrogen) atoms. The van der Waals surface area contributed by atoms with Gasteiger partial charge >= 0.3 is 0 Å². The fraction of sp³-hybridized carbons (Fsp3) is 0.400. The lowest BCUT2D eigenvalue weighted by Crippen LogP contribution is -2.21. The lowest BCUT2D eigenvalue weighted by atomic mass is 10.3. The first-order valence-corrected chi connectivity index (χ1v) is 7.71. The molecule has 1 atom stereocenters. The summed E-state index contributed by atoms with van der Waals surface area (Å²) < 4.78 is 24.3. The van der Waals surface area contributed by atoms with E-state index < -0.39 is 9.84 Å². The molecule has 1 aliphatic heterocycles. The Balaban J connectivity index is 1.83. The molecular formula is C10H11ClN4O2S. The molecule has 3 heterocycles. The molecule has 96 valence electrons. The van der Waals surface area contributed by atoms with Gasteiger partial charge in [-0.2, -0.15) is 4.98 Å². The smallest absolute Gasteiger partial charge is 0.243 e. The highest BCUT2D eigenvalue weighted by molar-refractivity contribution is 7.91. The van der Waals surface area contributed by atoms with Gasteiger partial charge < -0.3 is 5.32 Å². The van der Waals surface area contributed by atoms with Crippen molar-refractivity contribution in [3.63, 3.8) is 0 Å². The number of nitrogens with one attached hydrogen (secondary N) is 1. The third kappa shape index (κ3) is 2.28. The van der Waals surface area contributed by atoms with Gasteiger partial charge in [-0.25, -0.2) is 12.9 Å². The van der Waals surface area contributed by atoms with Crippen molar-refractivity contribution in [3.8, 4) is 0 Å². The summed E-state index contributed by atoms with van der Waals surface area (Å²) in [6.07, 6.45) is 2.25. The summed E-state index contributed by atoms with van der Waals surface area (Å²) in [5, 5.41) is 7.81. The second-order valence-electron chi connectivity index (χ2n) is 4.33. The van der Waals surface area contributed by atoms with Crippen LogP contribution in [0.2, 0.25) is 5.02 Å². The highest BCUT2D eigenvalue weighted by atomic mass is 35.5. The molecule has 1 unspecified atom stereocenters. The number of nitrogens with zero attached hydrogens (tertiary/aromatic N) is 3. The maximum atomic E-state index is 11.3. The van der Waals surface area contributed by atoms with E-state index in [-0.39, 0.29) is 17.5 Å². The molecule has 0 spiro atoms. The summed E-state index contributed by atoms with van der Waals surface area (Å²) >= 11 is 5.85. The fourth-order valence-corrected chi connectivity index (χ4v) is 3.84. The van der Waals surface area contributed by atoms with Gasteiger partial charge in [0.1, 0.15) is 0 Å². The molecule has 8 heteroatoms. The highest BCUT2D eigenvalue weighted by Gasteiger charge is 2.28. The van der Waals surface area contributed by atoms with E-state index in [2.05, 4.69) is 15.4 Å². The van der Waals surface area contributed by atoms with Crippen molar-refractivity contribution in [2.45, 2.75) is 12.5 Å². The number of rotatable bonds is 2. The summed E-state index contributed by atoms with van der Waals surface area (Å²) in [7, 11) is -2.90. The van der Waals surface area contributed by atoms with Gasteiger partial charge in [-0.15, -0.1) is 5.10 Å². The molecule has 0 radical (unpaired) electrons. The second kappa shape index (κ2) is 4.10. The summed E-state index contributed by atoms with van der Waals surface area (Å²) in [6.45, 7) is 0. The van der Waals surface area contributed by atoms with Crippen LogP contribution in [-0.2, 0) is 9.84 Å². The van der Waals surface area contributed by atoms with Gasteiger partial charge in [-0.05, 0) is 18.6 Å². The number of hydrogen-bond donors (Lipinski definition) is 1. The van der Waals surface area contributed by atoms with Crippen molar-refractivity contribution < 1.29 is 8.42 Å². The van der Waals surface area contributed by atoms with Crippen LogP contribution >= 0.6 is 11.6 Å². The van der Waals surface area contributed by atoms with E-state index in [0.717, 1.165) is 0 Å². The Hall–Kier alpha value is -1.34. The molecule has 1 aliphatic rings. The van der Waals surface area contributed by atoms with Crippen LogP contribution in [0.4, 0.5) is 5.95 Å². The summed E-state index contributed by atoms with van der Waals surface area (Å²) in [5.74, 6) is 0.798. The van der Waals surface area contributed by atoms with Crippen molar-refractivity contribution in [1.82, 2.24) is 14.6 Å². The van der Waals surface area contributed by atoms with Crippen molar-refractivity contribution in [2.75, 3.05) is 16.8 Å².